The van der Waals surface area contributed by atoms with E-state index in [0.29, 0.717) is 5.52 Å². The van der Waals surface area contributed by atoms with Crippen molar-refractivity contribution in [2.75, 3.05) is 0 Å². The first kappa shape index (κ1) is 11.7. The number of hydrogen-bond acceptors (Lipinski definition) is 2. The lowest BCUT2D eigenvalue weighted by atomic mass is 10.1. The first-order chi connectivity index (χ1) is 9.15. The second-order valence-corrected chi connectivity index (χ2v) is 4.60. The molecule has 0 atom stereocenters. The van der Waals surface area contributed by atoms with Crippen LogP contribution in [-0.2, 0) is 0 Å². The molecule has 0 fully saturated rings. The van der Waals surface area contributed by atoms with Crippen molar-refractivity contribution in [1.29, 1.82) is 0 Å². The lowest BCUT2D eigenvalue weighted by Gasteiger charge is -1.95. The third kappa shape index (κ3) is 2.06. The quantitative estimate of drug-likeness (QED) is 0.555. The minimum atomic E-state index is -0.481. The van der Waals surface area contributed by atoms with E-state index >= 15 is 0 Å². The van der Waals surface area contributed by atoms with E-state index in [1.807, 2.05) is 36.4 Å². The number of nitro groups is 1. The lowest BCUT2D eigenvalue weighted by Crippen LogP contribution is -1.88. The minimum absolute atomic E-state index is 0.0874. The number of fused-ring (bicyclic) bond motifs is 1. The summed E-state index contributed by atoms with van der Waals surface area (Å²) in [5, 5.41) is 11.9. The molecular weight excluding hydrogens is 264 g/mol. The molecule has 4 nitrogen and oxygen atoms in total. The Hall–Kier alpha value is -2.33. The second kappa shape index (κ2) is 4.40. The molecule has 3 rings (SSSR count). The van der Waals surface area contributed by atoms with Gasteiger partial charge in [0.25, 0.3) is 5.69 Å². The van der Waals surface area contributed by atoms with E-state index in [9.17, 15) is 10.1 Å². The highest BCUT2D eigenvalue weighted by Gasteiger charge is 2.15. The summed E-state index contributed by atoms with van der Waals surface area (Å²) in [7, 11) is 0. The van der Waals surface area contributed by atoms with Crippen molar-refractivity contribution in [2.24, 2.45) is 0 Å². The van der Waals surface area contributed by atoms with E-state index in [1.165, 1.54) is 6.07 Å². The zero-order valence-electron chi connectivity index (χ0n) is 9.76. The first-order valence-electron chi connectivity index (χ1n) is 5.67. The SMILES string of the molecule is O=[N+]([O-])c1cc2[nH]c(-c3ccccc3)cc2cc1Cl. The zero-order valence-corrected chi connectivity index (χ0v) is 10.5. The van der Waals surface area contributed by atoms with E-state index in [-0.39, 0.29) is 10.7 Å². The molecule has 0 aliphatic rings. The Kier molecular flexibility index (Phi) is 2.72. The summed E-state index contributed by atoms with van der Waals surface area (Å²) in [5.74, 6) is 0. The molecular formula is C14H9ClN2O2. The molecule has 3 aromatic rings. The summed E-state index contributed by atoms with van der Waals surface area (Å²) in [6.07, 6.45) is 0. The monoisotopic (exact) mass is 272 g/mol. The molecule has 1 heterocycles. The van der Waals surface area contributed by atoms with Crippen LogP contribution in [0.25, 0.3) is 22.2 Å². The van der Waals surface area contributed by atoms with Crippen molar-refractivity contribution < 1.29 is 4.92 Å². The van der Waals surface area contributed by atoms with Crippen molar-refractivity contribution in [3.05, 3.63) is 63.7 Å². The molecule has 0 bridgehead atoms. The molecule has 5 heteroatoms. The fourth-order valence-electron chi connectivity index (χ4n) is 2.05. The average molecular weight is 273 g/mol. The van der Waals surface area contributed by atoms with Gasteiger partial charge in [-0.15, -0.1) is 0 Å². The summed E-state index contributed by atoms with van der Waals surface area (Å²) >= 11 is 5.90. The van der Waals surface area contributed by atoms with Gasteiger partial charge in [0, 0.05) is 17.1 Å². The van der Waals surface area contributed by atoms with Crippen molar-refractivity contribution in [3.63, 3.8) is 0 Å². The third-order valence-corrected chi connectivity index (χ3v) is 3.27. The van der Waals surface area contributed by atoms with Crippen LogP contribution < -0.4 is 0 Å². The van der Waals surface area contributed by atoms with Gasteiger partial charge in [0.1, 0.15) is 5.02 Å². The number of halogens is 1. The number of hydrogen-bond donors (Lipinski definition) is 1. The van der Waals surface area contributed by atoms with Crippen molar-refractivity contribution in [2.45, 2.75) is 0 Å². The molecule has 94 valence electrons. The fraction of sp³-hybridized carbons (Fsp3) is 0. The molecule has 19 heavy (non-hydrogen) atoms. The van der Waals surface area contributed by atoms with Crippen molar-refractivity contribution in [3.8, 4) is 11.3 Å². The van der Waals surface area contributed by atoms with E-state index in [1.54, 1.807) is 6.07 Å². The Labute approximate surface area is 113 Å². The summed E-state index contributed by atoms with van der Waals surface area (Å²) in [5.41, 5.74) is 2.55. The Morgan fingerprint density at radius 1 is 1.11 bits per heavy atom. The van der Waals surface area contributed by atoms with Crippen LogP contribution in [-0.4, -0.2) is 9.91 Å². The highest BCUT2D eigenvalue weighted by molar-refractivity contribution is 6.33. The number of nitrogens with one attached hydrogen (secondary N) is 1. The van der Waals surface area contributed by atoms with Gasteiger partial charge in [0.05, 0.1) is 10.4 Å². The van der Waals surface area contributed by atoms with Gasteiger partial charge >= 0.3 is 0 Å². The standard InChI is InChI=1S/C14H9ClN2O2/c15-11-6-10-7-12(9-4-2-1-3-5-9)16-13(10)8-14(11)17(18)19/h1-8,16H. The number of H-pyrrole nitrogens is 1. The van der Waals surface area contributed by atoms with Gasteiger partial charge in [-0.2, -0.15) is 0 Å². The Morgan fingerprint density at radius 3 is 2.53 bits per heavy atom. The average Bonchev–Trinajstić information content (AvgIpc) is 2.81. The first-order valence-corrected chi connectivity index (χ1v) is 6.05. The number of nitrogens with zero attached hydrogens (tertiary/aromatic N) is 1. The van der Waals surface area contributed by atoms with Gasteiger partial charge in [-0.25, -0.2) is 0 Å². The minimum Gasteiger partial charge on any atom is -0.354 e. The van der Waals surface area contributed by atoms with Crippen LogP contribution in [0, 0.1) is 10.1 Å². The maximum Gasteiger partial charge on any atom is 0.289 e. The zero-order chi connectivity index (χ0) is 13.4. The number of aromatic nitrogens is 1. The summed E-state index contributed by atoms with van der Waals surface area (Å²) in [6, 6.07) is 14.8. The van der Waals surface area contributed by atoms with Gasteiger partial charge in [-0.05, 0) is 17.7 Å². The molecule has 0 radical (unpaired) electrons. The third-order valence-electron chi connectivity index (χ3n) is 2.97. The van der Waals surface area contributed by atoms with Gasteiger partial charge in [0.2, 0.25) is 0 Å². The molecule has 0 aliphatic heterocycles. The van der Waals surface area contributed by atoms with Gasteiger partial charge < -0.3 is 4.98 Å². The van der Waals surface area contributed by atoms with Gasteiger partial charge in [-0.3, -0.25) is 10.1 Å². The smallest absolute Gasteiger partial charge is 0.289 e. The Bertz CT molecular complexity index is 766. The van der Waals surface area contributed by atoms with E-state index < -0.39 is 4.92 Å². The van der Waals surface area contributed by atoms with Crippen LogP contribution >= 0.6 is 11.6 Å². The predicted octanol–water partition coefficient (Wildman–Crippen LogP) is 4.40. The molecule has 0 unspecified atom stereocenters. The van der Waals surface area contributed by atoms with Crippen LogP contribution in [0.3, 0.4) is 0 Å². The summed E-state index contributed by atoms with van der Waals surface area (Å²) in [4.78, 5) is 13.5. The Balaban J connectivity index is 2.19. The molecule has 1 aromatic heterocycles. The molecule has 0 aliphatic carbocycles. The maximum atomic E-state index is 10.8. The van der Waals surface area contributed by atoms with Crippen LogP contribution in [0.15, 0.2) is 48.5 Å². The predicted molar refractivity (Wildman–Crippen MR) is 75.4 cm³/mol. The topological polar surface area (TPSA) is 58.9 Å². The number of nitro benzene ring substituents is 1. The molecule has 2 aromatic carbocycles. The van der Waals surface area contributed by atoms with E-state index in [0.717, 1.165) is 16.6 Å². The van der Waals surface area contributed by atoms with E-state index in [2.05, 4.69) is 4.98 Å². The summed E-state index contributed by atoms with van der Waals surface area (Å²) in [6.45, 7) is 0. The lowest BCUT2D eigenvalue weighted by molar-refractivity contribution is -0.384. The normalized spacial score (nSPS) is 10.8. The highest BCUT2D eigenvalue weighted by atomic mass is 35.5. The van der Waals surface area contributed by atoms with Gasteiger partial charge in [0.15, 0.2) is 0 Å². The molecule has 0 saturated carbocycles. The Morgan fingerprint density at radius 2 is 1.84 bits per heavy atom. The number of rotatable bonds is 2. The number of benzene rings is 2. The largest absolute Gasteiger partial charge is 0.354 e. The second-order valence-electron chi connectivity index (χ2n) is 4.20. The maximum absolute atomic E-state index is 10.8. The summed E-state index contributed by atoms with van der Waals surface area (Å²) < 4.78 is 0. The number of aromatic amines is 1. The molecule has 0 saturated heterocycles. The van der Waals surface area contributed by atoms with Crippen LogP contribution in [0.1, 0.15) is 0 Å². The molecule has 1 N–H and O–H groups in total. The van der Waals surface area contributed by atoms with Crippen LogP contribution in [0.2, 0.25) is 5.02 Å². The highest BCUT2D eigenvalue weighted by Crippen LogP contribution is 2.32. The molecule has 0 amide bonds. The van der Waals surface area contributed by atoms with Crippen molar-refractivity contribution >= 4 is 28.2 Å². The van der Waals surface area contributed by atoms with Gasteiger partial charge in [-0.1, -0.05) is 41.9 Å². The van der Waals surface area contributed by atoms with Crippen LogP contribution in [0.5, 0.6) is 0 Å². The van der Waals surface area contributed by atoms with E-state index in [4.69, 9.17) is 11.6 Å². The van der Waals surface area contributed by atoms with Crippen molar-refractivity contribution in [1.82, 2.24) is 4.98 Å². The van der Waals surface area contributed by atoms with Crippen LogP contribution in [0.4, 0.5) is 5.69 Å². The molecule has 0 spiro atoms. The fourth-order valence-corrected chi connectivity index (χ4v) is 2.30.